The summed E-state index contributed by atoms with van der Waals surface area (Å²) in [6.07, 6.45) is 3.97. The summed E-state index contributed by atoms with van der Waals surface area (Å²) in [6, 6.07) is 8.11. The quantitative estimate of drug-likeness (QED) is 0.678. The molecule has 1 aliphatic heterocycles. The topological polar surface area (TPSA) is 60.1 Å². The van der Waals surface area contributed by atoms with Crippen molar-refractivity contribution in [3.8, 4) is 5.75 Å². The van der Waals surface area contributed by atoms with E-state index in [0.717, 1.165) is 50.5 Å². The van der Waals surface area contributed by atoms with E-state index in [1.54, 1.807) is 0 Å². The fourth-order valence-electron chi connectivity index (χ4n) is 2.48. The third kappa shape index (κ3) is 3.67. The first-order chi connectivity index (χ1) is 10.3. The molecular weight excluding hydrogens is 266 g/mol. The first kappa shape index (κ1) is 14.2. The van der Waals surface area contributed by atoms with E-state index in [9.17, 15) is 0 Å². The Kier molecular flexibility index (Phi) is 4.60. The van der Waals surface area contributed by atoms with Crippen LogP contribution in [0.25, 0.3) is 0 Å². The molecule has 3 rings (SSSR count). The van der Waals surface area contributed by atoms with E-state index in [2.05, 4.69) is 16.0 Å². The van der Waals surface area contributed by atoms with Gasteiger partial charge in [0.15, 0.2) is 5.96 Å². The zero-order valence-corrected chi connectivity index (χ0v) is 12.3. The molecule has 0 amide bonds. The van der Waals surface area contributed by atoms with E-state index in [0.29, 0.717) is 18.6 Å². The predicted molar refractivity (Wildman–Crippen MR) is 82.4 cm³/mol. The standard InChI is InChI=1S/C16H23N3O2/c17-16(19-8-10-20-11-9-19)18-12-13-4-1-2-7-15(13)21-14-5-3-6-14/h1-2,4,7,14H,3,5-6,8-12H2,(H2,17,18). The molecule has 0 bridgehead atoms. The lowest BCUT2D eigenvalue weighted by molar-refractivity contribution is 0.0674. The van der Waals surface area contributed by atoms with Crippen LogP contribution in [0.2, 0.25) is 0 Å². The Morgan fingerprint density at radius 1 is 1.29 bits per heavy atom. The number of hydrogen-bond acceptors (Lipinski definition) is 3. The van der Waals surface area contributed by atoms with E-state index < -0.39 is 0 Å². The number of ether oxygens (including phenoxy) is 2. The zero-order valence-electron chi connectivity index (χ0n) is 12.3. The van der Waals surface area contributed by atoms with Crippen molar-refractivity contribution in [1.82, 2.24) is 4.90 Å². The van der Waals surface area contributed by atoms with Crippen molar-refractivity contribution in [3.05, 3.63) is 29.8 Å². The number of para-hydroxylation sites is 1. The molecule has 1 aromatic rings. The fourth-order valence-corrected chi connectivity index (χ4v) is 2.48. The van der Waals surface area contributed by atoms with Crippen molar-refractivity contribution in [2.75, 3.05) is 26.3 Å². The SMILES string of the molecule is NC(=NCc1ccccc1OC1CCC1)N1CCOCC1. The maximum atomic E-state index is 6.06. The summed E-state index contributed by atoms with van der Waals surface area (Å²) < 4.78 is 11.3. The first-order valence-electron chi connectivity index (χ1n) is 7.70. The summed E-state index contributed by atoms with van der Waals surface area (Å²) in [6.45, 7) is 3.63. The number of benzene rings is 1. The van der Waals surface area contributed by atoms with Crippen LogP contribution in [-0.2, 0) is 11.3 Å². The lowest BCUT2D eigenvalue weighted by Crippen LogP contribution is -2.44. The van der Waals surface area contributed by atoms with Crippen molar-refractivity contribution in [2.24, 2.45) is 10.7 Å². The summed E-state index contributed by atoms with van der Waals surface area (Å²) in [7, 11) is 0. The number of morpholine rings is 1. The van der Waals surface area contributed by atoms with Crippen molar-refractivity contribution in [2.45, 2.75) is 31.9 Å². The maximum Gasteiger partial charge on any atom is 0.191 e. The Labute approximate surface area is 125 Å². The van der Waals surface area contributed by atoms with Gasteiger partial charge in [0, 0.05) is 18.7 Å². The average Bonchev–Trinajstić information content (AvgIpc) is 2.50. The molecule has 0 atom stereocenters. The van der Waals surface area contributed by atoms with Crippen LogP contribution in [0, 0.1) is 0 Å². The van der Waals surface area contributed by atoms with E-state index >= 15 is 0 Å². The highest BCUT2D eigenvalue weighted by Crippen LogP contribution is 2.27. The number of aliphatic imine (C=N–C) groups is 1. The monoisotopic (exact) mass is 289 g/mol. The lowest BCUT2D eigenvalue weighted by atomic mass is 9.96. The second-order valence-electron chi connectivity index (χ2n) is 5.55. The molecule has 0 aromatic heterocycles. The Morgan fingerprint density at radius 3 is 2.76 bits per heavy atom. The van der Waals surface area contributed by atoms with E-state index in [4.69, 9.17) is 15.2 Å². The van der Waals surface area contributed by atoms with Crippen LogP contribution in [0.15, 0.2) is 29.3 Å². The van der Waals surface area contributed by atoms with Crippen molar-refractivity contribution >= 4 is 5.96 Å². The van der Waals surface area contributed by atoms with Crippen LogP contribution < -0.4 is 10.5 Å². The summed E-state index contributed by atoms with van der Waals surface area (Å²) in [4.78, 5) is 6.58. The number of nitrogens with two attached hydrogens (primary N) is 1. The molecule has 2 aliphatic rings. The van der Waals surface area contributed by atoms with Gasteiger partial charge in [-0.1, -0.05) is 18.2 Å². The van der Waals surface area contributed by atoms with Gasteiger partial charge in [0.25, 0.3) is 0 Å². The molecule has 1 heterocycles. The van der Waals surface area contributed by atoms with E-state index in [1.165, 1.54) is 6.42 Å². The van der Waals surface area contributed by atoms with Crippen LogP contribution >= 0.6 is 0 Å². The number of nitrogens with zero attached hydrogens (tertiary/aromatic N) is 2. The van der Waals surface area contributed by atoms with Gasteiger partial charge in [-0.15, -0.1) is 0 Å². The summed E-state index contributed by atoms with van der Waals surface area (Å²) in [5.41, 5.74) is 7.16. The van der Waals surface area contributed by atoms with Gasteiger partial charge < -0.3 is 20.1 Å². The number of guanidine groups is 1. The molecule has 5 nitrogen and oxygen atoms in total. The highest BCUT2D eigenvalue weighted by molar-refractivity contribution is 5.78. The van der Waals surface area contributed by atoms with Gasteiger partial charge in [-0.2, -0.15) is 0 Å². The highest BCUT2D eigenvalue weighted by atomic mass is 16.5. The van der Waals surface area contributed by atoms with Gasteiger partial charge in [-0.25, -0.2) is 4.99 Å². The second kappa shape index (κ2) is 6.80. The van der Waals surface area contributed by atoms with Crippen molar-refractivity contribution in [3.63, 3.8) is 0 Å². The molecule has 1 saturated carbocycles. The molecule has 1 aromatic carbocycles. The van der Waals surface area contributed by atoms with Gasteiger partial charge >= 0.3 is 0 Å². The molecule has 1 aliphatic carbocycles. The summed E-state index contributed by atoms with van der Waals surface area (Å²) in [5.74, 6) is 1.54. The molecule has 21 heavy (non-hydrogen) atoms. The minimum Gasteiger partial charge on any atom is -0.490 e. The largest absolute Gasteiger partial charge is 0.490 e. The predicted octanol–water partition coefficient (Wildman–Crippen LogP) is 1.76. The zero-order chi connectivity index (χ0) is 14.5. The Balaban J connectivity index is 1.63. The van der Waals surface area contributed by atoms with Crippen LogP contribution in [0.3, 0.4) is 0 Å². The van der Waals surface area contributed by atoms with Gasteiger partial charge in [0.1, 0.15) is 5.75 Å². The average molecular weight is 289 g/mol. The minimum absolute atomic E-state index is 0.381. The van der Waals surface area contributed by atoms with Crippen LogP contribution in [0.5, 0.6) is 5.75 Å². The Hall–Kier alpha value is -1.75. The normalized spacial score (nSPS) is 20.2. The number of hydrogen-bond donors (Lipinski definition) is 1. The van der Waals surface area contributed by atoms with Crippen LogP contribution in [-0.4, -0.2) is 43.3 Å². The van der Waals surface area contributed by atoms with Gasteiger partial charge in [0.2, 0.25) is 0 Å². The lowest BCUT2D eigenvalue weighted by Gasteiger charge is -2.28. The molecule has 2 N–H and O–H groups in total. The smallest absolute Gasteiger partial charge is 0.191 e. The van der Waals surface area contributed by atoms with Crippen LogP contribution in [0.4, 0.5) is 0 Å². The fraction of sp³-hybridized carbons (Fsp3) is 0.562. The molecular formula is C16H23N3O2. The van der Waals surface area contributed by atoms with Crippen molar-refractivity contribution < 1.29 is 9.47 Å². The first-order valence-corrected chi connectivity index (χ1v) is 7.70. The molecule has 2 fully saturated rings. The summed E-state index contributed by atoms with van der Waals surface area (Å²) in [5, 5.41) is 0. The molecule has 0 radical (unpaired) electrons. The highest BCUT2D eigenvalue weighted by Gasteiger charge is 2.20. The van der Waals surface area contributed by atoms with Crippen LogP contribution in [0.1, 0.15) is 24.8 Å². The molecule has 5 heteroatoms. The maximum absolute atomic E-state index is 6.06. The van der Waals surface area contributed by atoms with Gasteiger partial charge in [-0.05, 0) is 25.3 Å². The summed E-state index contributed by atoms with van der Waals surface area (Å²) >= 11 is 0. The minimum atomic E-state index is 0.381. The third-order valence-electron chi connectivity index (χ3n) is 4.06. The molecule has 114 valence electrons. The second-order valence-corrected chi connectivity index (χ2v) is 5.55. The molecule has 1 saturated heterocycles. The molecule has 0 spiro atoms. The van der Waals surface area contributed by atoms with Gasteiger partial charge in [-0.3, -0.25) is 0 Å². The molecule has 0 unspecified atom stereocenters. The van der Waals surface area contributed by atoms with Gasteiger partial charge in [0.05, 0.1) is 25.9 Å². The third-order valence-corrected chi connectivity index (χ3v) is 4.06. The van der Waals surface area contributed by atoms with E-state index in [-0.39, 0.29) is 0 Å². The Morgan fingerprint density at radius 2 is 2.05 bits per heavy atom. The van der Waals surface area contributed by atoms with Crippen molar-refractivity contribution in [1.29, 1.82) is 0 Å². The van der Waals surface area contributed by atoms with E-state index in [1.807, 2.05) is 18.2 Å². The number of rotatable bonds is 4. The Bertz CT molecular complexity index is 494.